The van der Waals surface area contributed by atoms with E-state index in [-0.39, 0.29) is 11.9 Å². The zero-order chi connectivity index (χ0) is 17.2. The van der Waals surface area contributed by atoms with Crippen molar-refractivity contribution in [1.82, 2.24) is 0 Å². The number of carbonyl (C=O) groups is 2. The van der Waals surface area contributed by atoms with E-state index in [2.05, 4.69) is 0 Å². The third-order valence-electron chi connectivity index (χ3n) is 4.74. The molecule has 0 unspecified atom stereocenters. The van der Waals surface area contributed by atoms with Gasteiger partial charge in [-0.15, -0.1) is 11.3 Å². The Morgan fingerprint density at radius 3 is 2.58 bits per heavy atom. The van der Waals surface area contributed by atoms with E-state index < -0.39 is 11.8 Å². The molecule has 2 fully saturated rings. The van der Waals surface area contributed by atoms with Crippen LogP contribution in [0.4, 0.5) is 5.69 Å². The van der Waals surface area contributed by atoms with Gasteiger partial charge in [-0.25, -0.2) is 4.79 Å². The molecule has 2 aliphatic rings. The first-order chi connectivity index (χ1) is 11.6. The fraction of sp³-hybridized carbons (Fsp3) is 0.647. The molecule has 1 aliphatic heterocycles. The quantitative estimate of drug-likeness (QED) is 0.779. The predicted octanol–water partition coefficient (Wildman–Crippen LogP) is 2.96. The average Bonchev–Trinajstić information content (AvgIpc) is 3.26. The number of nitrogens with zero attached hydrogens (tertiary/aromatic N) is 1. The van der Waals surface area contributed by atoms with Crippen LogP contribution in [0.3, 0.4) is 0 Å². The molecule has 3 rings (SSSR count). The molecule has 1 aromatic rings. The van der Waals surface area contributed by atoms with Gasteiger partial charge < -0.3 is 19.1 Å². The van der Waals surface area contributed by atoms with E-state index in [1.807, 2.05) is 18.4 Å². The molecule has 7 heteroatoms. The van der Waals surface area contributed by atoms with Gasteiger partial charge in [0, 0.05) is 25.3 Å². The van der Waals surface area contributed by atoms with E-state index >= 15 is 0 Å². The van der Waals surface area contributed by atoms with Gasteiger partial charge in [0.1, 0.15) is 4.88 Å². The Labute approximate surface area is 145 Å². The third kappa shape index (κ3) is 3.20. The predicted molar refractivity (Wildman–Crippen MR) is 90.3 cm³/mol. The Hall–Kier alpha value is -1.44. The second-order valence-electron chi connectivity index (χ2n) is 6.08. The van der Waals surface area contributed by atoms with Crippen molar-refractivity contribution in [3.05, 3.63) is 16.3 Å². The summed E-state index contributed by atoms with van der Waals surface area (Å²) in [5.74, 6) is -0.839. The summed E-state index contributed by atoms with van der Waals surface area (Å²) in [6, 6.07) is 1.88. The number of anilines is 1. The number of methoxy groups -OCH3 is 1. The lowest BCUT2D eigenvalue weighted by molar-refractivity contribution is -0.178. The molecular weight excluding hydrogens is 330 g/mol. The molecule has 1 saturated carbocycles. The zero-order valence-electron chi connectivity index (χ0n) is 14.1. The van der Waals surface area contributed by atoms with E-state index in [9.17, 15) is 9.59 Å². The molecule has 0 N–H and O–H groups in total. The minimum absolute atomic E-state index is 0.0211. The van der Waals surface area contributed by atoms with Crippen LogP contribution in [0.25, 0.3) is 0 Å². The van der Waals surface area contributed by atoms with E-state index in [1.54, 1.807) is 4.90 Å². The largest absolute Gasteiger partial charge is 0.465 e. The van der Waals surface area contributed by atoms with Crippen molar-refractivity contribution in [3.8, 4) is 0 Å². The first-order valence-corrected chi connectivity index (χ1v) is 9.24. The van der Waals surface area contributed by atoms with Gasteiger partial charge in [0.25, 0.3) is 0 Å². The Balaban J connectivity index is 1.82. The van der Waals surface area contributed by atoms with Gasteiger partial charge in [-0.3, -0.25) is 4.79 Å². The molecule has 1 saturated heterocycles. The molecule has 0 radical (unpaired) electrons. The van der Waals surface area contributed by atoms with Crippen LogP contribution in [0.15, 0.2) is 11.4 Å². The summed E-state index contributed by atoms with van der Waals surface area (Å²) in [5.41, 5.74) is 0.660. The van der Waals surface area contributed by atoms with Gasteiger partial charge in [-0.05, 0) is 24.3 Å². The maximum absolute atomic E-state index is 12.6. The summed E-state index contributed by atoms with van der Waals surface area (Å²) in [5, 5.41) is 1.82. The number of amides is 1. The molecule has 24 heavy (non-hydrogen) atoms. The second kappa shape index (κ2) is 7.21. The van der Waals surface area contributed by atoms with Crippen molar-refractivity contribution in [2.24, 2.45) is 0 Å². The number of carbonyl (C=O) groups excluding carboxylic acids is 2. The van der Waals surface area contributed by atoms with Crippen LogP contribution in [0, 0.1) is 0 Å². The van der Waals surface area contributed by atoms with Crippen molar-refractivity contribution >= 4 is 28.9 Å². The van der Waals surface area contributed by atoms with E-state index in [0.29, 0.717) is 30.2 Å². The summed E-state index contributed by atoms with van der Waals surface area (Å²) in [6.45, 7) is 3.12. The summed E-state index contributed by atoms with van der Waals surface area (Å²) in [6.07, 6.45) is 3.52. The van der Waals surface area contributed by atoms with Crippen molar-refractivity contribution < 1.29 is 23.8 Å². The molecule has 0 bridgehead atoms. The van der Waals surface area contributed by atoms with Crippen molar-refractivity contribution in [1.29, 1.82) is 0 Å². The van der Waals surface area contributed by atoms with Crippen molar-refractivity contribution in [2.75, 3.05) is 25.2 Å². The molecule has 132 valence electrons. The lowest BCUT2D eigenvalue weighted by Gasteiger charge is -2.40. The summed E-state index contributed by atoms with van der Waals surface area (Å²) in [4.78, 5) is 26.9. The first-order valence-electron chi connectivity index (χ1n) is 8.36. The van der Waals surface area contributed by atoms with Gasteiger partial charge in [0.15, 0.2) is 5.79 Å². The molecule has 6 nitrogen and oxygen atoms in total. The van der Waals surface area contributed by atoms with Crippen LogP contribution in [0.1, 0.15) is 48.7 Å². The van der Waals surface area contributed by atoms with Gasteiger partial charge >= 0.3 is 5.97 Å². The molecule has 1 aliphatic carbocycles. The Kier molecular flexibility index (Phi) is 5.22. The number of ether oxygens (including phenoxy) is 3. The fourth-order valence-electron chi connectivity index (χ4n) is 3.53. The molecule has 1 aromatic heterocycles. The lowest BCUT2D eigenvalue weighted by Crippen LogP contribution is -2.47. The van der Waals surface area contributed by atoms with Crippen molar-refractivity contribution in [2.45, 2.75) is 50.9 Å². The van der Waals surface area contributed by atoms with Crippen LogP contribution in [0.5, 0.6) is 0 Å². The Bertz CT molecular complexity index is 598. The molecule has 2 heterocycles. The molecule has 0 atom stereocenters. The second-order valence-corrected chi connectivity index (χ2v) is 7.00. The molecular formula is C17H23NO5S. The van der Waals surface area contributed by atoms with Crippen LogP contribution >= 0.6 is 11.3 Å². The fourth-order valence-corrected chi connectivity index (χ4v) is 4.33. The van der Waals surface area contributed by atoms with Crippen LogP contribution in [-0.2, 0) is 19.0 Å². The van der Waals surface area contributed by atoms with Gasteiger partial charge in [0.2, 0.25) is 5.91 Å². The summed E-state index contributed by atoms with van der Waals surface area (Å²) < 4.78 is 16.4. The number of hydrogen-bond donors (Lipinski definition) is 0. The maximum Gasteiger partial charge on any atom is 0.350 e. The Morgan fingerprint density at radius 1 is 1.33 bits per heavy atom. The summed E-state index contributed by atoms with van der Waals surface area (Å²) >= 11 is 1.30. The van der Waals surface area contributed by atoms with Crippen molar-refractivity contribution in [3.63, 3.8) is 0 Å². The number of rotatable bonds is 4. The highest BCUT2D eigenvalue weighted by Crippen LogP contribution is 2.40. The van der Waals surface area contributed by atoms with Crippen LogP contribution < -0.4 is 4.90 Å². The molecule has 0 aromatic carbocycles. The van der Waals surface area contributed by atoms with Crippen LogP contribution in [-0.4, -0.2) is 44.0 Å². The number of thiophene rings is 1. The van der Waals surface area contributed by atoms with Gasteiger partial charge in [-0.1, -0.05) is 6.92 Å². The monoisotopic (exact) mass is 353 g/mol. The maximum atomic E-state index is 12.6. The third-order valence-corrected chi connectivity index (χ3v) is 5.63. The van der Waals surface area contributed by atoms with E-state index in [1.165, 1.54) is 18.4 Å². The van der Waals surface area contributed by atoms with Crippen LogP contribution in [0.2, 0.25) is 0 Å². The average molecular weight is 353 g/mol. The highest BCUT2D eigenvalue weighted by molar-refractivity contribution is 7.12. The highest BCUT2D eigenvalue weighted by Gasteiger charge is 2.43. The first kappa shape index (κ1) is 17.4. The zero-order valence-corrected chi connectivity index (χ0v) is 14.9. The smallest absolute Gasteiger partial charge is 0.350 e. The standard InChI is InChI=1S/C17H23NO5S/c1-3-14(19)18(13-6-11-24-15(13)16(20)21-2)12-4-7-17(8-5-12)22-9-10-23-17/h6,11-12H,3-5,7-10H2,1-2H3. The Morgan fingerprint density at radius 2 is 2.00 bits per heavy atom. The number of esters is 1. The van der Waals surface area contributed by atoms with E-state index in [0.717, 1.165) is 25.7 Å². The van der Waals surface area contributed by atoms with Gasteiger partial charge in [0.05, 0.1) is 26.0 Å². The normalized spacial score (nSPS) is 20.2. The summed E-state index contributed by atoms with van der Waals surface area (Å²) in [7, 11) is 1.36. The SMILES string of the molecule is CCC(=O)N(c1ccsc1C(=O)OC)C1CCC2(CC1)OCCO2. The lowest BCUT2D eigenvalue weighted by atomic mass is 9.88. The van der Waals surface area contributed by atoms with E-state index in [4.69, 9.17) is 14.2 Å². The highest BCUT2D eigenvalue weighted by atomic mass is 32.1. The minimum atomic E-state index is -0.461. The molecule has 1 amide bonds. The number of hydrogen-bond acceptors (Lipinski definition) is 6. The topological polar surface area (TPSA) is 65.1 Å². The molecule has 1 spiro atoms. The van der Waals surface area contributed by atoms with Gasteiger partial charge in [-0.2, -0.15) is 0 Å². The minimum Gasteiger partial charge on any atom is -0.465 e.